The van der Waals surface area contributed by atoms with Crippen molar-refractivity contribution < 1.29 is 14.9 Å². The van der Waals surface area contributed by atoms with Crippen molar-refractivity contribution in [2.75, 3.05) is 11.9 Å². The van der Waals surface area contributed by atoms with Crippen LogP contribution >= 0.6 is 11.6 Å². The highest BCUT2D eigenvalue weighted by Gasteiger charge is 2.33. The summed E-state index contributed by atoms with van der Waals surface area (Å²) in [7, 11) is 0. The standard InChI is InChI=1S/C11H14ClNO3/c12-7-1-3-8(4-2-7)13-11-5-9(15)10(6-14)16-11/h1-4,9-11,13-15H,5-6H2/t9-,10+,11+/m0/s1. The third-order valence-electron chi connectivity index (χ3n) is 2.58. The predicted octanol–water partition coefficient (Wildman–Crippen LogP) is 1.22. The normalized spacial score (nSPS) is 29.3. The number of nitrogens with one attached hydrogen (secondary N) is 1. The second-order valence-corrected chi connectivity index (χ2v) is 4.24. The molecule has 0 unspecified atom stereocenters. The fourth-order valence-electron chi connectivity index (χ4n) is 1.72. The van der Waals surface area contributed by atoms with Crippen LogP contribution in [0, 0.1) is 0 Å². The molecule has 0 radical (unpaired) electrons. The molecule has 1 aromatic rings. The van der Waals surface area contributed by atoms with Crippen LogP contribution in [0.1, 0.15) is 6.42 Å². The fourth-order valence-corrected chi connectivity index (χ4v) is 1.84. The SMILES string of the molecule is OC[C@H]1O[C@@H](Nc2ccc(Cl)cc2)C[C@@H]1O. The summed E-state index contributed by atoms with van der Waals surface area (Å²) in [6, 6.07) is 7.23. The first kappa shape index (κ1) is 11.7. The van der Waals surface area contributed by atoms with Gasteiger partial charge in [-0.3, -0.25) is 0 Å². The summed E-state index contributed by atoms with van der Waals surface area (Å²) in [5.41, 5.74) is 0.875. The molecule has 1 aromatic carbocycles. The van der Waals surface area contributed by atoms with Gasteiger partial charge in [0.1, 0.15) is 12.3 Å². The topological polar surface area (TPSA) is 61.7 Å². The first-order valence-corrected chi connectivity index (χ1v) is 5.53. The molecule has 2 rings (SSSR count). The zero-order chi connectivity index (χ0) is 11.5. The molecule has 1 aliphatic rings. The van der Waals surface area contributed by atoms with E-state index in [0.717, 1.165) is 5.69 Å². The summed E-state index contributed by atoms with van der Waals surface area (Å²) < 4.78 is 5.41. The van der Waals surface area contributed by atoms with E-state index in [9.17, 15) is 5.11 Å². The van der Waals surface area contributed by atoms with Gasteiger partial charge in [-0.15, -0.1) is 0 Å². The molecule has 1 fully saturated rings. The Morgan fingerprint density at radius 1 is 1.38 bits per heavy atom. The Kier molecular flexibility index (Phi) is 3.66. The Morgan fingerprint density at radius 2 is 2.06 bits per heavy atom. The zero-order valence-corrected chi connectivity index (χ0v) is 9.39. The van der Waals surface area contributed by atoms with Crippen LogP contribution in [0.5, 0.6) is 0 Å². The van der Waals surface area contributed by atoms with E-state index in [2.05, 4.69) is 5.32 Å². The number of aliphatic hydroxyl groups is 2. The maximum Gasteiger partial charge on any atom is 0.130 e. The van der Waals surface area contributed by atoms with Crippen molar-refractivity contribution in [2.24, 2.45) is 0 Å². The zero-order valence-electron chi connectivity index (χ0n) is 8.64. The quantitative estimate of drug-likeness (QED) is 0.747. The molecule has 1 aliphatic heterocycles. The highest BCUT2D eigenvalue weighted by molar-refractivity contribution is 6.30. The van der Waals surface area contributed by atoms with Crippen LogP contribution in [-0.4, -0.2) is 35.3 Å². The summed E-state index contributed by atoms with van der Waals surface area (Å²) in [5, 5.41) is 22.2. The van der Waals surface area contributed by atoms with E-state index in [1.807, 2.05) is 12.1 Å². The van der Waals surface area contributed by atoms with E-state index >= 15 is 0 Å². The number of rotatable bonds is 3. The average molecular weight is 244 g/mol. The summed E-state index contributed by atoms with van der Waals surface area (Å²) in [4.78, 5) is 0. The highest BCUT2D eigenvalue weighted by Crippen LogP contribution is 2.22. The molecule has 0 amide bonds. The monoisotopic (exact) mass is 243 g/mol. The predicted molar refractivity (Wildman–Crippen MR) is 61.4 cm³/mol. The maximum absolute atomic E-state index is 9.54. The Labute approximate surface area is 98.8 Å². The van der Waals surface area contributed by atoms with Crippen molar-refractivity contribution in [3.8, 4) is 0 Å². The van der Waals surface area contributed by atoms with Crippen LogP contribution in [0.3, 0.4) is 0 Å². The van der Waals surface area contributed by atoms with Crippen LogP contribution in [0.25, 0.3) is 0 Å². The van der Waals surface area contributed by atoms with Crippen molar-refractivity contribution in [3.05, 3.63) is 29.3 Å². The van der Waals surface area contributed by atoms with Gasteiger partial charge in [-0.25, -0.2) is 0 Å². The van der Waals surface area contributed by atoms with Crippen molar-refractivity contribution >= 4 is 17.3 Å². The first-order chi connectivity index (χ1) is 7.69. The highest BCUT2D eigenvalue weighted by atomic mass is 35.5. The van der Waals surface area contributed by atoms with Crippen LogP contribution in [-0.2, 0) is 4.74 Å². The molecule has 0 aliphatic carbocycles. The molecule has 0 saturated carbocycles. The number of anilines is 1. The number of halogens is 1. The number of ether oxygens (including phenoxy) is 1. The Hall–Kier alpha value is -0.810. The van der Waals surface area contributed by atoms with E-state index in [1.54, 1.807) is 12.1 Å². The minimum atomic E-state index is -0.616. The molecule has 88 valence electrons. The van der Waals surface area contributed by atoms with Gasteiger partial charge in [0.2, 0.25) is 0 Å². The molecule has 0 spiro atoms. The van der Waals surface area contributed by atoms with Crippen LogP contribution in [0.2, 0.25) is 5.02 Å². The Bertz CT molecular complexity index is 344. The number of hydrogen-bond donors (Lipinski definition) is 3. The van der Waals surface area contributed by atoms with Gasteiger partial charge in [-0.05, 0) is 24.3 Å². The molecule has 0 bridgehead atoms. The average Bonchev–Trinajstić information content (AvgIpc) is 2.62. The molecule has 5 heteroatoms. The minimum Gasteiger partial charge on any atom is -0.394 e. The lowest BCUT2D eigenvalue weighted by atomic mass is 10.2. The molecule has 0 aromatic heterocycles. The first-order valence-electron chi connectivity index (χ1n) is 5.15. The summed E-state index contributed by atoms with van der Waals surface area (Å²) in [5.74, 6) is 0. The summed E-state index contributed by atoms with van der Waals surface area (Å²) in [6.07, 6.45) is -0.915. The van der Waals surface area contributed by atoms with E-state index in [0.29, 0.717) is 11.4 Å². The Morgan fingerprint density at radius 3 is 2.62 bits per heavy atom. The van der Waals surface area contributed by atoms with Gasteiger partial charge in [0.15, 0.2) is 0 Å². The molecular formula is C11H14ClNO3. The number of benzene rings is 1. The second kappa shape index (κ2) is 5.01. The van der Waals surface area contributed by atoms with Gasteiger partial charge in [0.05, 0.1) is 12.7 Å². The van der Waals surface area contributed by atoms with E-state index in [4.69, 9.17) is 21.4 Å². The third kappa shape index (κ3) is 2.65. The molecule has 1 heterocycles. The molecular weight excluding hydrogens is 230 g/mol. The lowest BCUT2D eigenvalue weighted by Crippen LogP contribution is -2.25. The van der Waals surface area contributed by atoms with Gasteiger partial charge < -0.3 is 20.3 Å². The third-order valence-corrected chi connectivity index (χ3v) is 2.83. The Balaban J connectivity index is 1.94. The van der Waals surface area contributed by atoms with E-state index in [-0.39, 0.29) is 12.8 Å². The van der Waals surface area contributed by atoms with Crippen LogP contribution < -0.4 is 5.32 Å². The lowest BCUT2D eigenvalue weighted by Gasteiger charge is -2.14. The second-order valence-electron chi connectivity index (χ2n) is 3.80. The fraction of sp³-hybridized carbons (Fsp3) is 0.455. The van der Waals surface area contributed by atoms with Gasteiger partial charge in [-0.1, -0.05) is 11.6 Å². The lowest BCUT2D eigenvalue weighted by molar-refractivity contribution is -0.0149. The maximum atomic E-state index is 9.54. The van der Waals surface area contributed by atoms with Crippen molar-refractivity contribution in [1.82, 2.24) is 0 Å². The van der Waals surface area contributed by atoms with Gasteiger partial charge in [0.25, 0.3) is 0 Å². The van der Waals surface area contributed by atoms with E-state index < -0.39 is 12.2 Å². The number of aliphatic hydroxyl groups excluding tert-OH is 2. The van der Waals surface area contributed by atoms with Crippen LogP contribution in [0.15, 0.2) is 24.3 Å². The molecule has 3 atom stereocenters. The number of hydrogen-bond acceptors (Lipinski definition) is 4. The van der Waals surface area contributed by atoms with Gasteiger partial charge in [-0.2, -0.15) is 0 Å². The molecule has 16 heavy (non-hydrogen) atoms. The summed E-state index contributed by atoms with van der Waals surface area (Å²) in [6.45, 7) is -0.167. The molecule has 4 nitrogen and oxygen atoms in total. The van der Waals surface area contributed by atoms with Crippen molar-refractivity contribution in [3.63, 3.8) is 0 Å². The van der Waals surface area contributed by atoms with Gasteiger partial charge in [0, 0.05) is 17.1 Å². The van der Waals surface area contributed by atoms with E-state index in [1.165, 1.54) is 0 Å². The smallest absolute Gasteiger partial charge is 0.130 e. The largest absolute Gasteiger partial charge is 0.394 e. The molecule has 3 N–H and O–H groups in total. The minimum absolute atomic E-state index is 0.167. The van der Waals surface area contributed by atoms with Crippen molar-refractivity contribution in [1.29, 1.82) is 0 Å². The van der Waals surface area contributed by atoms with Crippen LogP contribution in [0.4, 0.5) is 5.69 Å². The van der Waals surface area contributed by atoms with Crippen molar-refractivity contribution in [2.45, 2.75) is 24.9 Å². The molecule has 1 saturated heterocycles. The van der Waals surface area contributed by atoms with Gasteiger partial charge >= 0.3 is 0 Å². The summed E-state index contributed by atoms with van der Waals surface area (Å²) >= 11 is 5.77.